The van der Waals surface area contributed by atoms with E-state index in [4.69, 9.17) is 18.9 Å². The standard InChI is InChI=1S/C31H32F4N2O10S/c1-44-22-12-21(32)23(47-16-7-5-14(6-8-16)30(40)41)11-18(22)28(38)37-25-20-10-19(26-27(20)46-13-45-26)24(25)29(39)36-15-3-2-4-17(9-15)48(42,43)31(33,34)35/h2-4,9,11-12,14,16,19-20,24-27H,5-8,10,13H2,1H3,(H,36,39)(H,37,38)(H,40,41)/t14-,16+,19-,20+,24+,25-,26-,27+/m1/s1. The number of rotatable bonds is 9. The zero-order valence-corrected chi connectivity index (χ0v) is 26.2. The minimum atomic E-state index is -5.68. The monoisotopic (exact) mass is 700 g/mol. The maximum Gasteiger partial charge on any atom is 0.501 e. The van der Waals surface area contributed by atoms with Crippen molar-refractivity contribution in [2.75, 3.05) is 19.2 Å². The smallest absolute Gasteiger partial charge is 0.496 e. The molecule has 2 aromatic rings. The van der Waals surface area contributed by atoms with Crippen LogP contribution in [0.1, 0.15) is 42.5 Å². The van der Waals surface area contributed by atoms with Crippen LogP contribution in [0.4, 0.5) is 23.2 Å². The highest BCUT2D eigenvalue weighted by molar-refractivity contribution is 7.92. The number of carboxylic acid groups (broad SMARTS) is 1. The molecular formula is C31H32F4N2O10S. The fourth-order valence-electron chi connectivity index (χ4n) is 7.40. The number of anilines is 1. The van der Waals surface area contributed by atoms with Crippen LogP contribution in [0, 0.1) is 29.5 Å². The highest BCUT2D eigenvalue weighted by Gasteiger charge is 2.63. The van der Waals surface area contributed by atoms with Crippen LogP contribution in [0.15, 0.2) is 41.3 Å². The number of halogens is 4. The number of nitrogens with one attached hydrogen (secondary N) is 2. The Morgan fingerprint density at radius 1 is 0.979 bits per heavy atom. The molecule has 6 rings (SSSR count). The highest BCUT2D eigenvalue weighted by atomic mass is 32.2. The fraction of sp³-hybridized carbons (Fsp3) is 0.516. The molecule has 48 heavy (non-hydrogen) atoms. The number of hydrogen-bond donors (Lipinski definition) is 3. The summed E-state index contributed by atoms with van der Waals surface area (Å²) in [6.07, 6.45) is 0.480. The van der Waals surface area contributed by atoms with Crippen LogP contribution < -0.4 is 20.1 Å². The summed E-state index contributed by atoms with van der Waals surface area (Å²) in [6.45, 7) is -0.0322. The van der Waals surface area contributed by atoms with Gasteiger partial charge in [-0.05, 0) is 56.4 Å². The number of carbonyl (C=O) groups is 3. The summed E-state index contributed by atoms with van der Waals surface area (Å²) in [6, 6.07) is 5.09. The van der Waals surface area contributed by atoms with Gasteiger partial charge in [0.2, 0.25) is 5.91 Å². The van der Waals surface area contributed by atoms with Gasteiger partial charge in [0.1, 0.15) is 12.5 Å². The van der Waals surface area contributed by atoms with E-state index in [0.29, 0.717) is 38.2 Å². The lowest BCUT2D eigenvalue weighted by atomic mass is 9.80. The van der Waals surface area contributed by atoms with Crippen molar-refractivity contribution in [3.63, 3.8) is 0 Å². The molecule has 260 valence electrons. The predicted octanol–water partition coefficient (Wildman–Crippen LogP) is 3.89. The van der Waals surface area contributed by atoms with Gasteiger partial charge < -0.3 is 34.7 Å². The molecular weight excluding hydrogens is 668 g/mol. The summed E-state index contributed by atoms with van der Waals surface area (Å²) in [5.41, 5.74) is -5.84. The van der Waals surface area contributed by atoms with Crippen LogP contribution in [-0.2, 0) is 28.9 Å². The zero-order chi connectivity index (χ0) is 34.5. The van der Waals surface area contributed by atoms with E-state index in [1.807, 2.05) is 0 Å². The van der Waals surface area contributed by atoms with Crippen LogP contribution in [0.3, 0.4) is 0 Å². The second kappa shape index (κ2) is 12.8. The third kappa shape index (κ3) is 6.18. The number of ether oxygens (including phenoxy) is 4. The molecule has 17 heteroatoms. The summed E-state index contributed by atoms with van der Waals surface area (Å²) in [4.78, 5) is 37.8. The fourth-order valence-corrected chi connectivity index (χ4v) is 8.21. The minimum Gasteiger partial charge on any atom is -0.496 e. The van der Waals surface area contributed by atoms with Crippen molar-refractivity contribution < 1.29 is 64.4 Å². The van der Waals surface area contributed by atoms with E-state index in [9.17, 15) is 41.1 Å². The normalized spacial score (nSPS) is 29.6. The third-order valence-electron chi connectivity index (χ3n) is 9.68. The van der Waals surface area contributed by atoms with E-state index < -0.39 is 91.9 Å². The Bertz CT molecular complexity index is 1710. The molecule has 3 aliphatic carbocycles. The van der Waals surface area contributed by atoms with E-state index in [1.54, 1.807) is 0 Å². The van der Waals surface area contributed by atoms with Crippen LogP contribution in [0.5, 0.6) is 11.5 Å². The number of aliphatic carboxylic acids is 1. The lowest BCUT2D eigenvalue weighted by Gasteiger charge is -2.36. The molecule has 0 unspecified atom stereocenters. The molecule has 6 atom stereocenters. The molecule has 0 spiro atoms. The number of benzene rings is 2. The van der Waals surface area contributed by atoms with Gasteiger partial charge in [-0.1, -0.05) is 6.07 Å². The molecule has 3 saturated carbocycles. The summed E-state index contributed by atoms with van der Waals surface area (Å²) in [7, 11) is -4.43. The van der Waals surface area contributed by atoms with E-state index in [1.165, 1.54) is 19.2 Å². The van der Waals surface area contributed by atoms with Crippen molar-refractivity contribution in [3.05, 3.63) is 47.8 Å². The first-order valence-corrected chi connectivity index (χ1v) is 16.7. The van der Waals surface area contributed by atoms with Crippen molar-refractivity contribution in [2.45, 2.75) is 66.9 Å². The number of fused-ring (bicyclic) bond motifs is 5. The number of sulfone groups is 1. The summed E-state index contributed by atoms with van der Waals surface area (Å²) < 4.78 is 101. The zero-order valence-electron chi connectivity index (χ0n) is 25.4. The van der Waals surface area contributed by atoms with Gasteiger partial charge in [-0.3, -0.25) is 14.4 Å². The molecule has 0 radical (unpaired) electrons. The van der Waals surface area contributed by atoms with Crippen molar-refractivity contribution in [3.8, 4) is 11.5 Å². The van der Waals surface area contributed by atoms with Crippen molar-refractivity contribution in [1.82, 2.24) is 5.32 Å². The second-order valence-electron chi connectivity index (χ2n) is 12.3. The first-order chi connectivity index (χ1) is 22.7. The van der Waals surface area contributed by atoms with Crippen LogP contribution in [0.25, 0.3) is 0 Å². The SMILES string of the molecule is COc1cc(F)c(O[C@H]2CC[C@@H](C(=O)O)CC2)cc1C(=O)N[C@@H]1[C@@H]2C[C@@H]([C@H]3OCO[C@@H]23)[C@@H]1C(=O)Nc1cccc(S(=O)(=O)C(F)(F)F)c1. The Morgan fingerprint density at radius 2 is 1.67 bits per heavy atom. The number of amides is 2. The topological polar surface area (TPSA) is 167 Å². The molecule has 1 heterocycles. The Hall–Kier alpha value is -3.96. The summed E-state index contributed by atoms with van der Waals surface area (Å²) in [5.74, 6) is -5.78. The summed E-state index contributed by atoms with van der Waals surface area (Å²) in [5, 5.41) is 14.6. The summed E-state index contributed by atoms with van der Waals surface area (Å²) >= 11 is 0. The first-order valence-electron chi connectivity index (χ1n) is 15.2. The molecule has 12 nitrogen and oxygen atoms in total. The van der Waals surface area contributed by atoms with E-state index >= 15 is 4.39 Å². The maximum atomic E-state index is 15.0. The lowest BCUT2D eigenvalue weighted by molar-refractivity contribution is -0.143. The molecule has 1 aliphatic heterocycles. The number of methoxy groups -OCH3 is 1. The molecule has 4 fully saturated rings. The number of alkyl halides is 3. The largest absolute Gasteiger partial charge is 0.501 e. The molecule has 1 saturated heterocycles. The molecule has 2 aromatic carbocycles. The van der Waals surface area contributed by atoms with E-state index in [-0.39, 0.29) is 29.5 Å². The van der Waals surface area contributed by atoms with Gasteiger partial charge in [-0.25, -0.2) is 12.8 Å². The van der Waals surface area contributed by atoms with Crippen LogP contribution >= 0.6 is 0 Å². The first kappa shape index (κ1) is 33.9. The predicted molar refractivity (Wildman–Crippen MR) is 156 cm³/mol. The second-order valence-corrected chi connectivity index (χ2v) is 14.3. The maximum absolute atomic E-state index is 15.0. The molecule has 0 aromatic heterocycles. The molecule has 4 aliphatic rings. The van der Waals surface area contributed by atoms with Gasteiger partial charge >= 0.3 is 11.5 Å². The van der Waals surface area contributed by atoms with Crippen LogP contribution in [-0.4, -0.2) is 75.1 Å². The van der Waals surface area contributed by atoms with Gasteiger partial charge in [0.05, 0.1) is 47.7 Å². The number of carboxylic acids is 1. The van der Waals surface area contributed by atoms with E-state index in [0.717, 1.165) is 18.2 Å². The number of carbonyl (C=O) groups excluding carboxylic acids is 2. The van der Waals surface area contributed by atoms with Gasteiger partial charge in [-0.2, -0.15) is 13.2 Å². The van der Waals surface area contributed by atoms with Gasteiger partial charge in [0.15, 0.2) is 11.6 Å². The quantitative estimate of drug-likeness (QED) is 0.327. The Labute approximate surface area is 272 Å². The van der Waals surface area contributed by atoms with Gasteiger partial charge in [0.25, 0.3) is 15.7 Å². The Morgan fingerprint density at radius 3 is 2.31 bits per heavy atom. The average molecular weight is 701 g/mol. The van der Waals surface area contributed by atoms with Gasteiger partial charge in [-0.15, -0.1) is 0 Å². The van der Waals surface area contributed by atoms with Crippen molar-refractivity contribution in [1.29, 1.82) is 0 Å². The van der Waals surface area contributed by atoms with E-state index in [2.05, 4.69) is 10.6 Å². The van der Waals surface area contributed by atoms with Gasteiger partial charge in [0, 0.05) is 29.6 Å². The molecule has 3 N–H and O–H groups in total. The molecule has 2 bridgehead atoms. The minimum absolute atomic E-state index is 0.0322. The highest BCUT2D eigenvalue weighted by Crippen LogP contribution is 2.53. The van der Waals surface area contributed by atoms with Crippen LogP contribution in [0.2, 0.25) is 0 Å². The average Bonchev–Trinajstić information content (AvgIpc) is 3.75. The number of hydrogen-bond acceptors (Lipinski definition) is 9. The Balaban J connectivity index is 1.23. The van der Waals surface area contributed by atoms with Crippen molar-refractivity contribution in [2.24, 2.45) is 23.7 Å². The lowest BCUT2D eigenvalue weighted by Crippen LogP contribution is -2.55. The van der Waals surface area contributed by atoms with Crippen molar-refractivity contribution >= 4 is 33.3 Å². The third-order valence-corrected chi connectivity index (χ3v) is 11.2. The Kier molecular flexibility index (Phi) is 9.06. The molecule has 2 amide bonds.